The van der Waals surface area contributed by atoms with Crippen LogP contribution in [0.4, 0.5) is 5.95 Å². The van der Waals surface area contributed by atoms with Gasteiger partial charge in [-0.2, -0.15) is 10.1 Å². The SMILES string of the molecule is CC(C)=NNc1nc2c([nH]1)c(=O)n(C)c(=O)n2C. The van der Waals surface area contributed by atoms with E-state index in [1.807, 2.05) is 13.8 Å². The van der Waals surface area contributed by atoms with Crippen LogP contribution >= 0.6 is 0 Å². The van der Waals surface area contributed by atoms with Crippen molar-refractivity contribution in [2.24, 2.45) is 19.2 Å². The summed E-state index contributed by atoms with van der Waals surface area (Å²) in [5.41, 5.74) is 3.24. The summed E-state index contributed by atoms with van der Waals surface area (Å²) in [6.45, 7) is 3.65. The van der Waals surface area contributed by atoms with Gasteiger partial charge in [-0.3, -0.25) is 13.9 Å². The van der Waals surface area contributed by atoms with E-state index in [1.165, 1.54) is 11.6 Å². The summed E-state index contributed by atoms with van der Waals surface area (Å²) in [6.07, 6.45) is 0. The van der Waals surface area contributed by atoms with Gasteiger partial charge in [0.15, 0.2) is 11.2 Å². The van der Waals surface area contributed by atoms with Gasteiger partial charge in [-0.05, 0) is 13.8 Å². The van der Waals surface area contributed by atoms with E-state index in [2.05, 4.69) is 20.5 Å². The quantitative estimate of drug-likeness (QED) is 0.568. The van der Waals surface area contributed by atoms with Gasteiger partial charge in [0.2, 0.25) is 5.95 Å². The number of rotatable bonds is 2. The van der Waals surface area contributed by atoms with Crippen molar-refractivity contribution in [2.75, 3.05) is 5.43 Å². The Morgan fingerprint density at radius 3 is 2.56 bits per heavy atom. The normalized spacial score (nSPS) is 10.7. The third kappa shape index (κ3) is 1.81. The van der Waals surface area contributed by atoms with Gasteiger partial charge in [-0.25, -0.2) is 10.2 Å². The lowest BCUT2D eigenvalue weighted by Crippen LogP contribution is -2.36. The zero-order valence-corrected chi connectivity index (χ0v) is 10.6. The molecule has 0 bridgehead atoms. The maximum Gasteiger partial charge on any atom is 0.332 e. The number of nitrogens with zero attached hydrogens (tertiary/aromatic N) is 4. The summed E-state index contributed by atoms with van der Waals surface area (Å²) in [6, 6.07) is 0. The molecule has 0 aliphatic heterocycles. The summed E-state index contributed by atoms with van der Waals surface area (Å²) in [5.74, 6) is 0.324. The summed E-state index contributed by atoms with van der Waals surface area (Å²) in [7, 11) is 2.98. The van der Waals surface area contributed by atoms with Crippen LogP contribution in [0.2, 0.25) is 0 Å². The predicted octanol–water partition coefficient (Wildman–Crippen LogP) is -0.232. The first kappa shape index (κ1) is 12.1. The molecule has 0 atom stereocenters. The monoisotopic (exact) mass is 250 g/mol. The maximum atomic E-state index is 11.9. The lowest BCUT2D eigenvalue weighted by molar-refractivity contribution is 0.709. The number of H-pyrrole nitrogens is 1. The van der Waals surface area contributed by atoms with E-state index in [-0.39, 0.29) is 5.52 Å². The van der Waals surface area contributed by atoms with Crippen molar-refractivity contribution in [3.63, 3.8) is 0 Å². The Kier molecular flexibility index (Phi) is 2.77. The Balaban J connectivity index is 2.69. The zero-order chi connectivity index (χ0) is 13.4. The van der Waals surface area contributed by atoms with Crippen LogP contribution < -0.4 is 16.7 Å². The van der Waals surface area contributed by atoms with E-state index in [1.54, 1.807) is 7.05 Å². The second-order valence-corrected chi connectivity index (χ2v) is 4.16. The van der Waals surface area contributed by atoms with Crippen molar-refractivity contribution in [3.05, 3.63) is 20.8 Å². The van der Waals surface area contributed by atoms with Gasteiger partial charge in [-0.1, -0.05) is 0 Å². The van der Waals surface area contributed by atoms with Crippen LogP contribution in [-0.2, 0) is 14.1 Å². The first-order valence-corrected chi connectivity index (χ1v) is 5.34. The van der Waals surface area contributed by atoms with Gasteiger partial charge in [0, 0.05) is 19.8 Å². The highest BCUT2D eigenvalue weighted by molar-refractivity contribution is 5.80. The molecule has 2 aromatic heterocycles. The topological polar surface area (TPSA) is 97.1 Å². The van der Waals surface area contributed by atoms with Gasteiger partial charge < -0.3 is 4.98 Å². The van der Waals surface area contributed by atoms with E-state index in [4.69, 9.17) is 0 Å². The van der Waals surface area contributed by atoms with Crippen LogP contribution in [0.25, 0.3) is 11.2 Å². The molecule has 0 spiro atoms. The third-order valence-corrected chi connectivity index (χ3v) is 2.48. The second-order valence-electron chi connectivity index (χ2n) is 4.16. The minimum atomic E-state index is -0.416. The number of fused-ring (bicyclic) bond motifs is 1. The van der Waals surface area contributed by atoms with Crippen molar-refractivity contribution in [1.29, 1.82) is 0 Å². The van der Waals surface area contributed by atoms with E-state index in [0.717, 1.165) is 10.3 Å². The second kappa shape index (κ2) is 4.13. The number of aryl methyl sites for hydroxylation is 1. The van der Waals surface area contributed by atoms with Crippen molar-refractivity contribution in [2.45, 2.75) is 13.8 Å². The van der Waals surface area contributed by atoms with E-state index >= 15 is 0 Å². The number of aromatic nitrogens is 4. The zero-order valence-electron chi connectivity index (χ0n) is 10.6. The Labute approximate surface area is 102 Å². The average molecular weight is 250 g/mol. The molecule has 18 heavy (non-hydrogen) atoms. The molecule has 0 aliphatic rings. The lowest BCUT2D eigenvalue weighted by Gasteiger charge is -2.00. The summed E-state index contributed by atoms with van der Waals surface area (Å²) in [4.78, 5) is 30.5. The molecule has 8 nitrogen and oxygen atoms in total. The number of imidazole rings is 1. The molecule has 96 valence electrons. The van der Waals surface area contributed by atoms with Gasteiger partial charge >= 0.3 is 5.69 Å². The molecule has 0 unspecified atom stereocenters. The van der Waals surface area contributed by atoms with Crippen LogP contribution in [0, 0.1) is 0 Å². The molecule has 0 saturated carbocycles. The summed E-state index contributed by atoms with van der Waals surface area (Å²) >= 11 is 0. The highest BCUT2D eigenvalue weighted by Gasteiger charge is 2.12. The number of hydrogen-bond acceptors (Lipinski definition) is 5. The van der Waals surface area contributed by atoms with E-state index in [0.29, 0.717) is 11.6 Å². The molecule has 0 amide bonds. The fourth-order valence-electron chi connectivity index (χ4n) is 1.54. The minimum absolute atomic E-state index is 0.269. The highest BCUT2D eigenvalue weighted by atomic mass is 16.2. The standard InChI is InChI=1S/C10H14N6O2/c1-5(2)13-14-9-11-6-7(12-9)15(3)10(18)16(4)8(6)17/h1-4H3,(H2,11,12,14). The number of nitrogens with one attached hydrogen (secondary N) is 2. The fourth-order valence-corrected chi connectivity index (χ4v) is 1.54. The van der Waals surface area contributed by atoms with E-state index < -0.39 is 11.2 Å². The van der Waals surface area contributed by atoms with Crippen LogP contribution in [-0.4, -0.2) is 24.8 Å². The Morgan fingerprint density at radius 2 is 1.94 bits per heavy atom. The number of aromatic amines is 1. The van der Waals surface area contributed by atoms with Gasteiger partial charge in [0.25, 0.3) is 5.56 Å². The Bertz CT molecular complexity index is 744. The molecule has 0 radical (unpaired) electrons. The summed E-state index contributed by atoms with van der Waals surface area (Å²) in [5, 5.41) is 3.97. The van der Waals surface area contributed by atoms with Crippen LogP contribution in [0.5, 0.6) is 0 Å². The van der Waals surface area contributed by atoms with Crippen molar-refractivity contribution in [1.82, 2.24) is 19.1 Å². The number of anilines is 1. The van der Waals surface area contributed by atoms with Crippen LogP contribution in [0.1, 0.15) is 13.8 Å². The first-order valence-electron chi connectivity index (χ1n) is 5.34. The minimum Gasteiger partial charge on any atom is -0.317 e. The molecule has 0 aliphatic carbocycles. The molecule has 8 heteroatoms. The van der Waals surface area contributed by atoms with Crippen LogP contribution in [0.15, 0.2) is 14.7 Å². The molecule has 0 saturated heterocycles. The average Bonchev–Trinajstić information content (AvgIpc) is 2.75. The third-order valence-electron chi connectivity index (χ3n) is 2.48. The lowest BCUT2D eigenvalue weighted by atomic mass is 10.5. The number of hydrogen-bond donors (Lipinski definition) is 2. The fraction of sp³-hybridized carbons (Fsp3) is 0.400. The van der Waals surface area contributed by atoms with Crippen molar-refractivity contribution < 1.29 is 0 Å². The van der Waals surface area contributed by atoms with E-state index in [9.17, 15) is 9.59 Å². The van der Waals surface area contributed by atoms with Gasteiger partial charge in [0.05, 0.1) is 0 Å². The Hall–Kier alpha value is -2.38. The molecule has 2 heterocycles. The van der Waals surface area contributed by atoms with Crippen molar-refractivity contribution in [3.8, 4) is 0 Å². The molecule has 0 aromatic carbocycles. The molecular weight excluding hydrogens is 236 g/mol. The van der Waals surface area contributed by atoms with Crippen LogP contribution in [0.3, 0.4) is 0 Å². The predicted molar refractivity (Wildman–Crippen MR) is 69.0 cm³/mol. The largest absolute Gasteiger partial charge is 0.332 e. The maximum absolute atomic E-state index is 11.9. The highest BCUT2D eigenvalue weighted by Crippen LogP contribution is 2.07. The molecule has 2 N–H and O–H groups in total. The molecule has 2 aromatic rings. The Morgan fingerprint density at radius 1 is 1.28 bits per heavy atom. The molecular formula is C10H14N6O2. The van der Waals surface area contributed by atoms with Crippen molar-refractivity contribution >= 4 is 22.8 Å². The first-order chi connectivity index (χ1) is 8.41. The van der Waals surface area contributed by atoms with Gasteiger partial charge in [0.1, 0.15) is 0 Å². The smallest absolute Gasteiger partial charge is 0.317 e. The summed E-state index contributed by atoms with van der Waals surface area (Å²) < 4.78 is 2.33. The number of hydrazone groups is 1. The molecule has 2 rings (SSSR count). The van der Waals surface area contributed by atoms with Gasteiger partial charge in [-0.15, -0.1) is 0 Å². The molecule has 0 fully saturated rings.